The summed E-state index contributed by atoms with van der Waals surface area (Å²) in [6, 6.07) is 13.7. The first-order chi connectivity index (χ1) is 15.4. The van der Waals surface area contributed by atoms with E-state index in [1.807, 2.05) is 57.2 Å². The van der Waals surface area contributed by atoms with Gasteiger partial charge < -0.3 is 11.1 Å². The van der Waals surface area contributed by atoms with Gasteiger partial charge in [0.15, 0.2) is 5.82 Å². The zero-order valence-corrected chi connectivity index (χ0v) is 18.1. The number of nitrogens with two attached hydrogens (primary N) is 1. The predicted octanol–water partition coefficient (Wildman–Crippen LogP) is 3.06. The molecule has 0 bridgehead atoms. The van der Waals surface area contributed by atoms with E-state index >= 15 is 0 Å². The SMILES string of the molecule is Cc1ccc(-c2cc(C(=O)NCc3nccnc3N)cc(-n3nnnc3C(C)C)c2)cc1. The summed E-state index contributed by atoms with van der Waals surface area (Å²) < 4.78 is 1.67. The lowest BCUT2D eigenvalue weighted by molar-refractivity contribution is 0.0950. The van der Waals surface area contributed by atoms with Crippen molar-refractivity contribution in [2.75, 3.05) is 5.73 Å². The fraction of sp³-hybridized carbons (Fsp3) is 0.217. The maximum Gasteiger partial charge on any atom is 0.251 e. The second kappa shape index (κ2) is 8.93. The van der Waals surface area contributed by atoms with Crippen molar-refractivity contribution in [1.29, 1.82) is 0 Å². The van der Waals surface area contributed by atoms with Crippen LogP contribution in [-0.2, 0) is 6.54 Å². The van der Waals surface area contributed by atoms with Crippen LogP contribution in [-0.4, -0.2) is 36.1 Å². The average molecular weight is 429 g/mol. The number of hydrogen-bond donors (Lipinski definition) is 2. The summed E-state index contributed by atoms with van der Waals surface area (Å²) in [6.45, 7) is 6.24. The lowest BCUT2D eigenvalue weighted by atomic mass is 10.0. The Bertz CT molecular complexity index is 1250. The van der Waals surface area contributed by atoms with E-state index in [2.05, 4.69) is 30.8 Å². The number of amides is 1. The summed E-state index contributed by atoms with van der Waals surface area (Å²) in [5.41, 5.74) is 10.6. The van der Waals surface area contributed by atoms with Gasteiger partial charge in [-0.15, -0.1) is 5.10 Å². The van der Waals surface area contributed by atoms with Crippen LogP contribution in [0.3, 0.4) is 0 Å². The molecule has 0 saturated heterocycles. The van der Waals surface area contributed by atoms with Crippen LogP contribution in [0.15, 0.2) is 54.9 Å². The van der Waals surface area contributed by atoms with Gasteiger partial charge in [0.2, 0.25) is 0 Å². The molecule has 162 valence electrons. The highest BCUT2D eigenvalue weighted by Crippen LogP contribution is 2.26. The second-order valence-corrected chi connectivity index (χ2v) is 7.81. The van der Waals surface area contributed by atoms with Crippen molar-refractivity contribution in [3.8, 4) is 16.8 Å². The minimum absolute atomic E-state index is 0.116. The molecule has 3 N–H and O–H groups in total. The standard InChI is InChI=1S/C23H24N8O/c1-14(2)22-28-29-30-31(22)19-11-17(16-6-4-15(3)5-7-16)10-18(12-19)23(32)27-13-20-21(24)26-9-8-25-20/h4-12,14H,13H2,1-3H3,(H2,24,26)(H,27,32). The number of carbonyl (C=O) groups is 1. The smallest absolute Gasteiger partial charge is 0.251 e. The normalized spacial score (nSPS) is 11.0. The van der Waals surface area contributed by atoms with Gasteiger partial charge in [0.05, 0.1) is 12.2 Å². The number of nitrogens with zero attached hydrogens (tertiary/aromatic N) is 6. The third kappa shape index (κ3) is 4.46. The van der Waals surface area contributed by atoms with Gasteiger partial charge in [-0.3, -0.25) is 9.78 Å². The topological polar surface area (TPSA) is 125 Å². The fourth-order valence-corrected chi connectivity index (χ4v) is 3.30. The summed E-state index contributed by atoms with van der Waals surface area (Å²) in [5, 5.41) is 15.0. The third-order valence-electron chi connectivity index (χ3n) is 5.04. The molecule has 0 aliphatic carbocycles. The van der Waals surface area contributed by atoms with Crippen LogP contribution in [0.2, 0.25) is 0 Å². The Kier molecular flexibility index (Phi) is 5.89. The van der Waals surface area contributed by atoms with Gasteiger partial charge in [0.25, 0.3) is 5.91 Å². The van der Waals surface area contributed by atoms with E-state index in [0.29, 0.717) is 22.8 Å². The minimum Gasteiger partial charge on any atom is -0.382 e. The van der Waals surface area contributed by atoms with Crippen LogP contribution in [0.1, 0.15) is 47.2 Å². The monoisotopic (exact) mass is 428 g/mol. The molecule has 0 radical (unpaired) electrons. The van der Waals surface area contributed by atoms with Crippen molar-refractivity contribution in [3.05, 3.63) is 77.5 Å². The molecule has 0 unspecified atom stereocenters. The molecular formula is C23H24N8O. The van der Waals surface area contributed by atoms with E-state index in [9.17, 15) is 4.79 Å². The Morgan fingerprint density at radius 3 is 2.53 bits per heavy atom. The largest absolute Gasteiger partial charge is 0.382 e. The first-order valence-electron chi connectivity index (χ1n) is 10.3. The number of hydrogen-bond acceptors (Lipinski definition) is 7. The number of carbonyl (C=O) groups excluding carboxylic acids is 1. The van der Waals surface area contributed by atoms with Crippen molar-refractivity contribution >= 4 is 11.7 Å². The van der Waals surface area contributed by atoms with Crippen LogP contribution in [0.4, 0.5) is 5.82 Å². The fourth-order valence-electron chi connectivity index (χ4n) is 3.30. The Balaban J connectivity index is 1.73. The Labute approximate surface area is 185 Å². The molecule has 32 heavy (non-hydrogen) atoms. The lowest BCUT2D eigenvalue weighted by Gasteiger charge is -2.13. The van der Waals surface area contributed by atoms with Crippen LogP contribution in [0, 0.1) is 6.92 Å². The van der Waals surface area contributed by atoms with E-state index in [1.165, 1.54) is 6.20 Å². The first-order valence-corrected chi connectivity index (χ1v) is 10.3. The van der Waals surface area contributed by atoms with Crippen molar-refractivity contribution < 1.29 is 4.79 Å². The molecule has 4 rings (SSSR count). The van der Waals surface area contributed by atoms with Gasteiger partial charge in [-0.2, -0.15) is 4.68 Å². The van der Waals surface area contributed by atoms with Gasteiger partial charge >= 0.3 is 0 Å². The molecule has 2 heterocycles. The molecule has 0 saturated carbocycles. The molecule has 0 spiro atoms. The molecule has 0 fully saturated rings. The van der Waals surface area contributed by atoms with Gasteiger partial charge in [0.1, 0.15) is 11.5 Å². The minimum atomic E-state index is -0.260. The highest BCUT2D eigenvalue weighted by Gasteiger charge is 2.16. The van der Waals surface area contributed by atoms with Crippen LogP contribution in [0.5, 0.6) is 0 Å². The molecule has 9 nitrogen and oxygen atoms in total. The Hall–Kier alpha value is -4.14. The first kappa shape index (κ1) is 21.1. The zero-order chi connectivity index (χ0) is 22.7. The number of rotatable bonds is 6. The Morgan fingerprint density at radius 2 is 1.81 bits per heavy atom. The van der Waals surface area contributed by atoms with Gasteiger partial charge in [-0.1, -0.05) is 43.7 Å². The summed E-state index contributed by atoms with van der Waals surface area (Å²) in [7, 11) is 0. The van der Waals surface area contributed by atoms with Crippen LogP contribution < -0.4 is 11.1 Å². The van der Waals surface area contributed by atoms with Crippen LogP contribution >= 0.6 is 0 Å². The van der Waals surface area contributed by atoms with Crippen molar-refractivity contribution in [3.63, 3.8) is 0 Å². The molecule has 9 heteroatoms. The molecule has 2 aromatic heterocycles. The Morgan fingerprint density at radius 1 is 1.06 bits per heavy atom. The van der Waals surface area contributed by atoms with Crippen LogP contribution in [0.25, 0.3) is 16.8 Å². The predicted molar refractivity (Wildman–Crippen MR) is 121 cm³/mol. The van der Waals surface area contributed by atoms with Crippen molar-refractivity contribution in [2.24, 2.45) is 0 Å². The molecule has 2 aromatic carbocycles. The molecule has 4 aromatic rings. The maximum absolute atomic E-state index is 13.0. The third-order valence-corrected chi connectivity index (χ3v) is 5.04. The average Bonchev–Trinajstić information content (AvgIpc) is 3.29. The summed E-state index contributed by atoms with van der Waals surface area (Å²) in [5.74, 6) is 0.858. The van der Waals surface area contributed by atoms with Gasteiger partial charge in [-0.25, -0.2) is 4.98 Å². The van der Waals surface area contributed by atoms with Gasteiger partial charge in [-0.05, 0) is 46.7 Å². The lowest BCUT2D eigenvalue weighted by Crippen LogP contribution is -2.24. The maximum atomic E-state index is 13.0. The summed E-state index contributed by atoms with van der Waals surface area (Å²) >= 11 is 0. The number of anilines is 1. The van der Waals surface area contributed by atoms with E-state index in [0.717, 1.165) is 16.7 Å². The van der Waals surface area contributed by atoms with E-state index < -0.39 is 0 Å². The number of aromatic nitrogens is 6. The highest BCUT2D eigenvalue weighted by molar-refractivity contribution is 5.96. The van der Waals surface area contributed by atoms with E-state index in [-0.39, 0.29) is 24.2 Å². The number of aryl methyl sites for hydroxylation is 1. The van der Waals surface area contributed by atoms with Gasteiger partial charge in [0, 0.05) is 23.9 Å². The zero-order valence-electron chi connectivity index (χ0n) is 18.1. The second-order valence-electron chi connectivity index (χ2n) is 7.81. The number of nitrogens with one attached hydrogen (secondary N) is 1. The molecule has 1 amide bonds. The number of tetrazole rings is 1. The van der Waals surface area contributed by atoms with E-state index in [1.54, 1.807) is 16.9 Å². The molecule has 0 aliphatic rings. The summed E-state index contributed by atoms with van der Waals surface area (Å²) in [6.07, 6.45) is 3.05. The summed E-state index contributed by atoms with van der Waals surface area (Å²) in [4.78, 5) is 21.2. The highest BCUT2D eigenvalue weighted by atomic mass is 16.1. The van der Waals surface area contributed by atoms with Crippen molar-refractivity contribution in [1.82, 2.24) is 35.5 Å². The van der Waals surface area contributed by atoms with Crippen molar-refractivity contribution in [2.45, 2.75) is 33.2 Å². The number of nitrogen functional groups attached to an aromatic ring is 1. The quantitative estimate of drug-likeness (QED) is 0.483. The molecular weight excluding hydrogens is 404 g/mol. The van der Waals surface area contributed by atoms with E-state index in [4.69, 9.17) is 5.73 Å². The molecule has 0 aliphatic heterocycles. The number of benzene rings is 2. The molecule has 0 atom stereocenters.